The first-order valence-corrected chi connectivity index (χ1v) is 9.92. The number of aliphatic hydroxyl groups excluding tert-OH is 3. The zero-order chi connectivity index (χ0) is 20.4. The highest BCUT2D eigenvalue weighted by molar-refractivity contribution is 5.00. The van der Waals surface area contributed by atoms with Crippen LogP contribution in [0.25, 0.3) is 0 Å². The van der Waals surface area contributed by atoms with E-state index in [1.54, 1.807) is 0 Å². The molecule has 12 heteroatoms. The van der Waals surface area contributed by atoms with Gasteiger partial charge in [-0.1, -0.05) is 0 Å². The van der Waals surface area contributed by atoms with Gasteiger partial charge in [0.2, 0.25) is 0 Å². The first-order chi connectivity index (χ1) is 13.3. The number of aliphatic hydroxyl groups is 3. The Bertz CT molecular complexity index is 498. The first-order valence-electron chi connectivity index (χ1n) is 9.92. The van der Waals surface area contributed by atoms with Crippen LogP contribution in [0, 0.1) is 0 Å². The maximum atomic E-state index is 10.9. The van der Waals surface area contributed by atoms with E-state index in [0.29, 0.717) is 13.0 Å². The number of ether oxygens (including phenoxy) is 4. The second kappa shape index (κ2) is 10.7. The highest BCUT2D eigenvalue weighted by Crippen LogP contribution is 2.29. The predicted octanol–water partition coefficient (Wildman–Crippen LogP) is -4.39. The lowest BCUT2D eigenvalue weighted by atomic mass is 9.84. The molecule has 12 nitrogen and oxygen atoms in total. The summed E-state index contributed by atoms with van der Waals surface area (Å²) >= 11 is 0. The lowest BCUT2D eigenvalue weighted by Crippen LogP contribution is -2.68. The van der Waals surface area contributed by atoms with Crippen LogP contribution < -0.4 is 22.9 Å². The summed E-state index contributed by atoms with van der Waals surface area (Å²) in [6, 6.07) is -2.11. The molecule has 0 aromatic heterocycles. The molecule has 1 aliphatic carbocycles. The fourth-order valence-corrected chi connectivity index (χ4v) is 4.06. The Balaban J connectivity index is 0.00000300. The predicted molar refractivity (Wildman–Crippen MR) is 101 cm³/mol. The van der Waals surface area contributed by atoms with Crippen LogP contribution in [0.2, 0.25) is 0 Å². The van der Waals surface area contributed by atoms with E-state index in [0.717, 1.165) is 19.3 Å². The van der Waals surface area contributed by atoms with Crippen LogP contribution in [-0.2, 0) is 18.9 Å². The number of nitrogens with two attached hydrogens (primary N) is 4. The lowest BCUT2D eigenvalue weighted by molar-refractivity contribution is -0.296. The van der Waals surface area contributed by atoms with Crippen molar-refractivity contribution in [3.8, 4) is 0 Å². The number of rotatable bonds is 5. The molecule has 29 heavy (non-hydrogen) atoms. The van der Waals surface area contributed by atoms with Crippen molar-refractivity contribution in [1.29, 1.82) is 0 Å². The molecule has 0 spiro atoms. The Kier molecular flexibility index (Phi) is 9.15. The molecule has 0 amide bonds. The molecule has 3 fully saturated rings. The molecular weight excluding hydrogens is 388 g/mol. The summed E-state index contributed by atoms with van der Waals surface area (Å²) < 4.78 is 23.0. The van der Waals surface area contributed by atoms with Crippen molar-refractivity contribution in [1.82, 2.24) is 0 Å². The average molecular weight is 424 g/mol. The quantitative estimate of drug-likeness (QED) is 0.222. The molecule has 172 valence electrons. The molecule has 0 aromatic carbocycles. The maximum Gasteiger partial charge on any atom is 0.176 e. The molecule has 2 aliphatic heterocycles. The van der Waals surface area contributed by atoms with Gasteiger partial charge in [-0.2, -0.15) is 0 Å². The summed E-state index contributed by atoms with van der Waals surface area (Å²) in [6.07, 6.45) is -4.59. The van der Waals surface area contributed by atoms with E-state index in [2.05, 4.69) is 0 Å². The standard InChI is InChI=1S/C17H34N4O7.H2O/c18-6-9-12(22)13(23)11(21)17(26-9)28-16-8(20)5-7(19)15(14(16)24)27-10-3-1-2-4-25-10;/h7-17,22-24H,1-6,18-21H2;1H2. The fraction of sp³-hybridized carbons (Fsp3) is 1.00. The summed E-state index contributed by atoms with van der Waals surface area (Å²) in [5, 5.41) is 31.0. The Morgan fingerprint density at radius 1 is 0.897 bits per heavy atom. The van der Waals surface area contributed by atoms with Gasteiger partial charge < -0.3 is 62.7 Å². The SMILES string of the molecule is NCC1OC(OC2C(N)CC(N)C(OC3CCCCO3)C2O)C(N)C(O)C1O.O. The molecule has 3 aliphatic rings. The largest absolute Gasteiger partial charge is 0.412 e. The van der Waals surface area contributed by atoms with Crippen molar-refractivity contribution in [2.45, 2.75) is 93.0 Å². The molecule has 1 saturated carbocycles. The van der Waals surface area contributed by atoms with Crippen LogP contribution in [0.5, 0.6) is 0 Å². The topological polar surface area (TPSA) is 233 Å². The number of hydrogen-bond donors (Lipinski definition) is 7. The fourth-order valence-electron chi connectivity index (χ4n) is 4.06. The first kappa shape index (κ1) is 24.8. The van der Waals surface area contributed by atoms with Crippen molar-refractivity contribution in [3.05, 3.63) is 0 Å². The Labute approximate surface area is 169 Å². The Morgan fingerprint density at radius 2 is 1.55 bits per heavy atom. The zero-order valence-electron chi connectivity index (χ0n) is 16.4. The van der Waals surface area contributed by atoms with E-state index in [1.807, 2.05) is 0 Å². The minimum Gasteiger partial charge on any atom is -0.412 e. The maximum absolute atomic E-state index is 10.9. The van der Waals surface area contributed by atoms with Gasteiger partial charge in [0, 0.05) is 25.2 Å². The lowest BCUT2D eigenvalue weighted by Gasteiger charge is -2.47. The summed E-state index contributed by atoms with van der Waals surface area (Å²) in [5.74, 6) is 0. The molecule has 0 aromatic rings. The molecule has 0 radical (unpaired) electrons. The molecular formula is C17H36N4O8. The van der Waals surface area contributed by atoms with Crippen LogP contribution in [0.4, 0.5) is 0 Å². The molecule has 11 unspecified atom stereocenters. The van der Waals surface area contributed by atoms with Crippen LogP contribution in [0.3, 0.4) is 0 Å². The number of hydrogen-bond acceptors (Lipinski definition) is 11. The van der Waals surface area contributed by atoms with Crippen LogP contribution >= 0.6 is 0 Å². The summed E-state index contributed by atoms with van der Waals surface area (Å²) in [4.78, 5) is 0. The van der Waals surface area contributed by atoms with Gasteiger partial charge in [-0.3, -0.25) is 0 Å². The third-order valence-electron chi connectivity index (χ3n) is 5.78. The van der Waals surface area contributed by atoms with Gasteiger partial charge >= 0.3 is 0 Å². The summed E-state index contributed by atoms with van der Waals surface area (Å²) in [7, 11) is 0. The van der Waals surface area contributed by atoms with Crippen molar-refractivity contribution in [3.63, 3.8) is 0 Å². The van der Waals surface area contributed by atoms with E-state index in [9.17, 15) is 15.3 Å². The van der Waals surface area contributed by atoms with Gasteiger partial charge in [-0.05, 0) is 25.7 Å². The molecule has 2 heterocycles. The van der Waals surface area contributed by atoms with Crippen LogP contribution in [0.15, 0.2) is 0 Å². The monoisotopic (exact) mass is 424 g/mol. The van der Waals surface area contributed by atoms with Gasteiger partial charge in [0.25, 0.3) is 0 Å². The summed E-state index contributed by atoms with van der Waals surface area (Å²) in [5.41, 5.74) is 23.9. The molecule has 3 rings (SSSR count). The smallest absolute Gasteiger partial charge is 0.176 e. The average Bonchev–Trinajstić information content (AvgIpc) is 2.69. The van der Waals surface area contributed by atoms with Crippen molar-refractivity contribution in [2.75, 3.05) is 13.2 Å². The van der Waals surface area contributed by atoms with Gasteiger partial charge in [-0.25, -0.2) is 0 Å². The van der Waals surface area contributed by atoms with Crippen molar-refractivity contribution >= 4 is 0 Å². The molecule has 13 N–H and O–H groups in total. The van der Waals surface area contributed by atoms with Crippen molar-refractivity contribution < 1.29 is 39.7 Å². The summed E-state index contributed by atoms with van der Waals surface area (Å²) in [6.45, 7) is 0.577. The van der Waals surface area contributed by atoms with Gasteiger partial charge in [0.15, 0.2) is 12.6 Å². The second-order valence-electron chi connectivity index (χ2n) is 7.89. The van der Waals surface area contributed by atoms with Crippen LogP contribution in [0.1, 0.15) is 25.7 Å². The molecule has 11 atom stereocenters. The van der Waals surface area contributed by atoms with E-state index < -0.39 is 67.3 Å². The van der Waals surface area contributed by atoms with Gasteiger partial charge in [0.05, 0.1) is 6.04 Å². The third kappa shape index (κ3) is 5.42. The minimum atomic E-state index is -1.28. The van der Waals surface area contributed by atoms with E-state index in [1.165, 1.54) is 0 Å². The van der Waals surface area contributed by atoms with Crippen LogP contribution in [-0.4, -0.2) is 101 Å². The normalized spacial score (nSPS) is 48.7. The second-order valence-corrected chi connectivity index (χ2v) is 7.89. The van der Waals surface area contributed by atoms with Crippen molar-refractivity contribution in [2.24, 2.45) is 22.9 Å². The molecule has 0 bridgehead atoms. The molecule has 2 saturated heterocycles. The highest BCUT2D eigenvalue weighted by Gasteiger charge is 2.49. The van der Waals surface area contributed by atoms with E-state index in [4.69, 9.17) is 41.9 Å². The Morgan fingerprint density at radius 3 is 2.14 bits per heavy atom. The Hall–Kier alpha value is -0.480. The van der Waals surface area contributed by atoms with E-state index >= 15 is 0 Å². The highest BCUT2D eigenvalue weighted by atomic mass is 16.7. The van der Waals surface area contributed by atoms with Gasteiger partial charge in [0.1, 0.15) is 36.6 Å². The minimum absolute atomic E-state index is 0. The zero-order valence-corrected chi connectivity index (χ0v) is 16.4. The van der Waals surface area contributed by atoms with E-state index in [-0.39, 0.29) is 12.0 Å². The van der Waals surface area contributed by atoms with Gasteiger partial charge in [-0.15, -0.1) is 0 Å². The third-order valence-corrected chi connectivity index (χ3v) is 5.78.